The molecule has 0 aliphatic heterocycles. The number of likely N-dealkylation sites (N-methyl/N-ethyl adjacent to an activating group) is 1. The zero-order valence-corrected chi connectivity index (χ0v) is 24.6. The zero-order valence-electron chi connectivity index (χ0n) is 23.7. The van der Waals surface area contributed by atoms with E-state index in [1.165, 1.54) is 96.3 Å². The number of quaternary nitrogens is 1. The largest absolute Gasteiger partial charge is 0.470 e. The molecule has 0 spiro atoms. The average Bonchev–Trinajstić information content (AvgIpc) is 2.75. The van der Waals surface area contributed by atoms with Crippen LogP contribution in [0, 0.1) is 0 Å². The van der Waals surface area contributed by atoms with E-state index in [0.29, 0.717) is 30.7 Å². The lowest BCUT2D eigenvalue weighted by atomic mass is 10.0. The Morgan fingerprint density at radius 3 is 1.51 bits per heavy atom. The van der Waals surface area contributed by atoms with E-state index in [1.807, 2.05) is 21.1 Å². The van der Waals surface area contributed by atoms with Gasteiger partial charge in [-0.05, 0) is 6.42 Å². The highest BCUT2D eigenvalue weighted by Crippen LogP contribution is 2.39. The van der Waals surface area contributed by atoms with E-state index in [-0.39, 0.29) is 6.10 Å². The molecule has 0 aromatic rings. The van der Waals surface area contributed by atoms with Gasteiger partial charge in [-0.3, -0.25) is 4.52 Å². The van der Waals surface area contributed by atoms with E-state index < -0.39 is 13.9 Å². The molecule has 0 amide bonds. The molecule has 0 heterocycles. The Balaban J connectivity index is 3.67. The van der Waals surface area contributed by atoms with Crippen LogP contribution in [-0.4, -0.2) is 74.5 Å². The lowest BCUT2D eigenvalue weighted by molar-refractivity contribution is -0.873. The van der Waals surface area contributed by atoms with Crippen LogP contribution in [-0.2, 0) is 18.6 Å². The predicted molar refractivity (Wildman–Crippen MR) is 146 cm³/mol. The van der Waals surface area contributed by atoms with E-state index in [4.69, 9.17) is 14.0 Å². The molecule has 0 bridgehead atoms. The average molecular weight is 525 g/mol. The SMILES string of the molecule is CCCCCCCCCCCCCCCCCCOCC(CC(C[N+](C)(C)C)OP(=O)(O)O)OC. The van der Waals surface area contributed by atoms with Crippen molar-refractivity contribution in [3.8, 4) is 0 Å². The van der Waals surface area contributed by atoms with Gasteiger partial charge in [-0.2, -0.15) is 0 Å². The molecule has 8 heteroatoms. The number of phosphoric ester groups is 1. The minimum atomic E-state index is -4.55. The quantitative estimate of drug-likeness (QED) is 0.0731. The number of hydrogen-bond acceptors (Lipinski definition) is 4. The normalized spacial score (nSPS) is 14.4. The lowest BCUT2D eigenvalue weighted by Gasteiger charge is -2.30. The molecule has 7 nitrogen and oxygen atoms in total. The lowest BCUT2D eigenvalue weighted by Crippen LogP contribution is -2.43. The van der Waals surface area contributed by atoms with Crippen molar-refractivity contribution in [1.82, 2.24) is 0 Å². The van der Waals surface area contributed by atoms with E-state index in [9.17, 15) is 14.4 Å². The number of hydrogen-bond donors (Lipinski definition) is 2. The van der Waals surface area contributed by atoms with E-state index >= 15 is 0 Å². The second-order valence-corrected chi connectivity index (χ2v) is 12.4. The van der Waals surface area contributed by atoms with Crippen LogP contribution in [0.2, 0.25) is 0 Å². The van der Waals surface area contributed by atoms with E-state index in [2.05, 4.69) is 6.92 Å². The Kier molecular flexibility index (Phi) is 22.0. The summed E-state index contributed by atoms with van der Waals surface area (Å²) in [5.41, 5.74) is 0. The van der Waals surface area contributed by atoms with Gasteiger partial charge in [-0.1, -0.05) is 103 Å². The minimum Gasteiger partial charge on any atom is -0.379 e. The maximum absolute atomic E-state index is 11.3. The minimum absolute atomic E-state index is 0.251. The summed E-state index contributed by atoms with van der Waals surface area (Å²) < 4.78 is 28.1. The summed E-state index contributed by atoms with van der Waals surface area (Å²) in [7, 11) is 2.94. The van der Waals surface area contributed by atoms with Crippen molar-refractivity contribution in [3.63, 3.8) is 0 Å². The summed E-state index contributed by atoms with van der Waals surface area (Å²) in [5, 5.41) is 0. The standard InChI is InChI=1S/C27H58NO6P/c1-6-7-8-9-10-11-12-13-14-15-16-17-18-19-20-21-22-33-25-27(32-5)23-26(24-28(2,3)4)34-35(29,30)31/h26-27H,6-25H2,1-5H3,(H-,29,30,31)/p+1. The fourth-order valence-electron chi connectivity index (χ4n) is 4.45. The molecule has 2 atom stereocenters. The Bertz CT molecular complexity index is 508. The highest BCUT2D eigenvalue weighted by molar-refractivity contribution is 7.46. The zero-order chi connectivity index (χ0) is 26.4. The monoisotopic (exact) mass is 524 g/mol. The smallest absolute Gasteiger partial charge is 0.379 e. The summed E-state index contributed by atoms with van der Waals surface area (Å²) >= 11 is 0. The Hall–Kier alpha value is -0.0100. The summed E-state index contributed by atoms with van der Waals surface area (Å²) in [4.78, 5) is 18.4. The van der Waals surface area contributed by atoms with Crippen LogP contribution in [0.15, 0.2) is 0 Å². The maximum atomic E-state index is 11.3. The van der Waals surface area contributed by atoms with Gasteiger partial charge in [-0.25, -0.2) is 4.57 Å². The molecule has 2 unspecified atom stereocenters. The van der Waals surface area contributed by atoms with Gasteiger partial charge in [0.15, 0.2) is 0 Å². The van der Waals surface area contributed by atoms with Crippen molar-refractivity contribution < 1.29 is 32.8 Å². The first-order chi connectivity index (χ1) is 16.6. The fourth-order valence-corrected chi connectivity index (χ4v) is 4.99. The van der Waals surface area contributed by atoms with Crippen LogP contribution in [0.5, 0.6) is 0 Å². The second kappa shape index (κ2) is 22.0. The first-order valence-corrected chi connectivity index (χ1v) is 15.8. The first-order valence-electron chi connectivity index (χ1n) is 14.2. The van der Waals surface area contributed by atoms with Gasteiger partial charge in [-0.15, -0.1) is 0 Å². The number of unbranched alkanes of at least 4 members (excludes halogenated alkanes) is 15. The Morgan fingerprint density at radius 2 is 1.14 bits per heavy atom. The van der Waals surface area contributed by atoms with E-state index in [0.717, 1.165) is 6.42 Å². The van der Waals surface area contributed by atoms with Crippen molar-refractivity contribution >= 4 is 7.82 Å². The second-order valence-electron chi connectivity index (χ2n) is 11.2. The molecule has 0 rings (SSSR count). The summed E-state index contributed by atoms with van der Waals surface area (Å²) in [6, 6.07) is 0. The molecule has 0 aromatic carbocycles. The summed E-state index contributed by atoms with van der Waals surface area (Å²) in [6.45, 7) is 3.85. The highest BCUT2D eigenvalue weighted by atomic mass is 31.2. The molecule has 2 N–H and O–H groups in total. The Labute approximate surface area is 217 Å². The first kappa shape index (κ1) is 35.0. The van der Waals surface area contributed by atoms with Gasteiger partial charge < -0.3 is 23.7 Å². The Morgan fingerprint density at radius 1 is 0.714 bits per heavy atom. The molecule has 212 valence electrons. The van der Waals surface area contributed by atoms with Crippen molar-refractivity contribution in [2.24, 2.45) is 0 Å². The van der Waals surface area contributed by atoms with Gasteiger partial charge in [0.2, 0.25) is 0 Å². The van der Waals surface area contributed by atoms with Crippen LogP contribution < -0.4 is 0 Å². The third-order valence-corrected chi connectivity index (χ3v) is 6.92. The highest BCUT2D eigenvalue weighted by Gasteiger charge is 2.29. The molecular weight excluding hydrogens is 465 g/mol. The number of nitrogens with zero attached hydrogens (tertiary/aromatic N) is 1. The van der Waals surface area contributed by atoms with Crippen LogP contribution in [0.3, 0.4) is 0 Å². The number of methoxy groups -OCH3 is 1. The summed E-state index contributed by atoms with van der Waals surface area (Å²) in [6.07, 6.45) is 21.1. The molecule has 0 fully saturated rings. The molecule has 35 heavy (non-hydrogen) atoms. The summed E-state index contributed by atoms with van der Waals surface area (Å²) in [5.74, 6) is 0. The van der Waals surface area contributed by atoms with Gasteiger partial charge in [0.05, 0.1) is 33.9 Å². The van der Waals surface area contributed by atoms with Crippen LogP contribution in [0.25, 0.3) is 0 Å². The molecule has 0 aliphatic rings. The molecule has 0 aliphatic carbocycles. The van der Waals surface area contributed by atoms with Crippen molar-refractivity contribution in [3.05, 3.63) is 0 Å². The molecule has 0 saturated carbocycles. The van der Waals surface area contributed by atoms with Gasteiger partial charge in [0.1, 0.15) is 12.6 Å². The molecule has 0 aromatic heterocycles. The van der Waals surface area contributed by atoms with Gasteiger partial charge >= 0.3 is 7.82 Å². The number of rotatable bonds is 26. The van der Waals surface area contributed by atoms with Crippen LogP contribution >= 0.6 is 7.82 Å². The molecule has 0 radical (unpaired) electrons. The van der Waals surface area contributed by atoms with Gasteiger partial charge in [0.25, 0.3) is 0 Å². The number of phosphoric acid groups is 1. The van der Waals surface area contributed by atoms with Gasteiger partial charge in [0, 0.05) is 20.1 Å². The van der Waals surface area contributed by atoms with Crippen molar-refractivity contribution in [2.45, 2.75) is 128 Å². The third-order valence-electron chi connectivity index (χ3n) is 6.34. The van der Waals surface area contributed by atoms with Crippen LogP contribution in [0.4, 0.5) is 0 Å². The van der Waals surface area contributed by atoms with Crippen molar-refractivity contribution in [2.75, 3.05) is 48.0 Å². The topological polar surface area (TPSA) is 85.2 Å². The van der Waals surface area contributed by atoms with Crippen molar-refractivity contribution in [1.29, 1.82) is 0 Å². The fraction of sp³-hybridized carbons (Fsp3) is 1.00. The third kappa shape index (κ3) is 26.9. The predicted octanol–water partition coefficient (Wildman–Crippen LogP) is 6.85. The maximum Gasteiger partial charge on any atom is 0.470 e. The molecule has 0 saturated heterocycles. The van der Waals surface area contributed by atoms with Crippen LogP contribution in [0.1, 0.15) is 116 Å². The van der Waals surface area contributed by atoms with E-state index in [1.54, 1.807) is 7.11 Å². The number of ether oxygens (including phenoxy) is 2. The molecular formula is C27H59NO6P+.